The molecule has 0 aliphatic heterocycles. The minimum absolute atomic E-state index is 0.141. The first-order chi connectivity index (χ1) is 7.71. The summed E-state index contributed by atoms with van der Waals surface area (Å²) >= 11 is 0. The molecule has 1 atom stereocenters. The van der Waals surface area contributed by atoms with E-state index >= 15 is 0 Å². The second kappa shape index (κ2) is 4.92. The van der Waals surface area contributed by atoms with Gasteiger partial charge >= 0.3 is 6.61 Å². The monoisotopic (exact) mass is 267 g/mol. The van der Waals surface area contributed by atoms with Gasteiger partial charge in [-0.2, -0.15) is 8.78 Å². The fourth-order valence-electron chi connectivity index (χ4n) is 1.14. The molecule has 0 saturated carbocycles. The van der Waals surface area contributed by atoms with E-state index in [4.69, 9.17) is 0 Å². The summed E-state index contributed by atoms with van der Waals surface area (Å²) in [6, 6.07) is 0.913. The van der Waals surface area contributed by atoms with Crippen molar-refractivity contribution in [2.75, 3.05) is 6.26 Å². The average molecular weight is 267 g/mol. The van der Waals surface area contributed by atoms with Gasteiger partial charge in [0, 0.05) is 18.5 Å². The lowest BCUT2D eigenvalue weighted by molar-refractivity contribution is -0.0519. The third-order valence-electron chi connectivity index (χ3n) is 1.90. The predicted octanol–water partition coefficient (Wildman–Crippen LogP) is 1.14. The Morgan fingerprint density at radius 1 is 1.47 bits per heavy atom. The van der Waals surface area contributed by atoms with Crippen LogP contribution in [-0.2, 0) is 9.84 Å². The molecule has 96 valence electrons. The minimum atomic E-state index is -3.57. The smallest absolute Gasteiger partial charge is 0.387 e. The van der Waals surface area contributed by atoms with Gasteiger partial charge in [-0.05, 0) is 6.92 Å². The van der Waals surface area contributed by atoms with Crippen LogP contribution in [0.2, 0.25) is 0 Å². The molecule has 0 aromatic carbocycles. The lowest BCUT2D eigenvalue weighted by atomic mass is 10.2. The van der Waals surface area contributed by atoms with Gasteiger partial charge in [-0.15, -0.1) is 0 Å². The summed E-state index contributed by atoms with van der Waals surface area (Å²) < 4.78 is 50.8. The zero-order valence-electron chi connectivity index (χ0n) is 9.09. The fourth-order valence-corrected chi connectivity index (χ4v) is 1.71. The van der Waals surface area contributed by atoms with E-state index < -0.39 is 28.3 Å². The molecule has 0 saturated heterocycles. The Bertz CT molecular complexity index is 502. The lowest BCUT2D eigenvalue weighted by Gasteiger charge is -2.12. The number of pyridine rings is 1. The van der Waals surface area contributed by atoms with E-state index in [1.165, 1.54) is 6.92 Å². The molecule has 1 aromatic rings. The van der Waals surface area contributed by atoms with Crippen LogP contribution in [0.5, 0.6) is 5.75 Å². The van der Waals surface area contributed by atoms with Crippen molar-refractivity contribution >= 4 is 9.84 Å². The number of hydrogen-bond acceptors (Lipinski definition) is 5. The van der Waals surface area contributed by atoms with E-state index in [0.717, 1.165) is 18.5 Å². The highest BCUT2D eigenvalue weighted by Crippen LogP contribution is 2.27. The number of rotatable bonds is 4. The van der Waals surface area contributed by atoms with Crippen LogP contribution in [0, 0.1) is 0 Å². The fraction of sp³-hybridized carbons (Fsp3) is 0.444. The number of alkyl halides is 2. The Morgan fingerprint density at radius 3 is 2.47 bits per heavy atom. The van der Waals surface area contributed by atoms with Crippen molar-refractivity contribution in [3.05, 3.63) is 18.0 Å². The van der Waals surface area contributed by atoms with Crippen LogP contribution in [0.3, 0.4) is 0 Å². The van der Waals surface area contributed by atoms with Crippen LogP contribution < -0.4 is 4.74 Å². The number of hydrogen-bond donors (Lipinski definition) is 1. The predicted molar refractivity (Wildman–Crippen MR) is 54.6 cm³/mol. The molecule has 0 spiro atoms. The van der Waals surface area contributed by atoms with Crippen LogP contribution in [-0.4, -0.2) is 31.4 Å². The highest BCUT2D eigenvalue weighted by Gasteiger charge is 2.18. The number of sulfone groups is 1. The van der Waals surface area contributed by atoms with E-state index in [9.17, 15) is 22.3 Å². The van der Waals surface area contributed by atoms with Crippen molar-refractivity contribution in [1.29, 1.82) is 0 Å². The molecule has 0 aliphatic carbocycles. The largest absolute Gasteiger partial charge is 0.433 e. The first-order valence-corrected chi connectivity index (χ1v) is 6.44. The van der Waals surface area contributed by atoms with E-state index in [1.54, 1.807) is 0 Å². The summed E-state index contributed by atoms with van der Waals surface area (Å²) in [6.45, 7) is -1.81. The van der Waals surface area contributed by atoms with Gasteiger partial charge in [-0.3, -0.25) is 4.98 Å². The third-order valence-corrected chi connectivity index (χ3v) is 2.98. The molecule has 1 heterocycles. The molecule has 0 radical (unpaired) electrons. The molecule has 0 bridgehead atoms. The molecule has 8 heteroatoms. The van der Waals surface area contributed by atoms with Gasteiger partial charge in [0.1, 0.15) is 5.69 Å². The van der Waals surface area contributed by atoms with Gasteiger partial charge in [-0.25, -0.2) is 8.42 Å². The Morgan fingerprint density at radius 2 is 2.06 bits per heavy atom. The molecule has 17 heavy (non-hydrogen) atoms. The molecule has 0 amide bonds. The van der Waals surface area contributed by atoms with Gasteiger partial charge in [-0.1, -0.05) is 0 Å². The first kappa shape index (κ1) is 13.8. The molecular weight excluding hydrogens is 256 g/mol. The van der Waals surface area contributed by atoms with E-state index in [2.05, 4.69) is 9.72 Å². The summed E-state index contributed by atoms with van der Waals surface area (Å²) in [5.74, 6) is -0.446. The zero-order valence-corrected chi connectivity index (χ0v) is 9.91. The normalized spacial score (nSPS) is 13.8. The lowest BCUT2D eigenvalue weighted by Crippen LogP contribution is -2.09. The van der Waals surface area contributed by atoms with Crippen LogP contribution in [0.1, 0.15) is 18.7 Å². The number of aromatic nitrogens is 1. The second-order valence-corrected chi connectivity index (χ2v) is 5.40. The maximum atomic E-state index is 12.1. The van der Waals surface area contributed by atoms with E-state index in [-0.39, 0.29) is 10.6 Å². The second-order valence-electron chi connectivity index (χ2n) is 3.38. The molecule has 0 fully saturated rings. The highest BCUT2D eigenvalue weighted by molar-refractivity contribution is 7.90. The average Bonchev–Trinajstić information content (AvgIpc) is 2.14. The number of aliphatic hydroxyl groups excluding tert-OH is 1. The van der Waals surface area contributed by atoms with Crippen LogP contribution in [0.15, 0.2) is 17.2 Å². The quantitative estimate of drug-likeness (QED) is 0.885. The zero-order chi connectivity index (χ0) is 13.2. The van der Waals surface area contributed by atoms with Crippen molar-refractivity contribution < 1.29 is 27.0 Å². The molecule has 1 rings (SSSR count). The molecule has 1 aromatic heterocycles. The minimum Gasteiger partial charge on any atom is -0.433 e. The molecular formula is C9H11F2NO4S. The van der Waals surface area contributed by atoms with Gasteiger partial charge in [0.15, 0.2) is 15.6 Å². The van der Waals surface area contributed by atoms with Crippen LogP contribution in [0.25, 0.3) is 0 Å². The Hall–Kier alpha value is -1.28. The van der Waals surface area contributed by atoms with Crippen molar-refractivity contribution in [2.24, 2.45) is 0 Å². The van der Waals surface area contributed by atoms with Gasteiger partial charge in [0.25, 0.3) is 0 Å². The number of ether oxygens (including phenoxy) is 1. The summed E-state index contributed by atoms with van der Waals surface area (Å²) in [5.41, 5.74) is -0.141. The van der Waals surface area contributed by atoms with Gasteiger partial charge in [0.2, 0.25) is 0 Å². The van der Waals surface area contributed by atoms with Crippen molar-refractivity contribution in [1.82, 2.24) is 4.98 Å². The summed E-state index contributed by atoms with van der Waals surface area (Å²) in [6.07, 6.45) is 0.755. The molecule has 0 aliphatic rings. The van der Waals surface area contributed by atoms with Crippen molar-refractivity contribution in [3.8, 4) is 5.75 Å². The maximum absolute atomic E-state index is 12.1. The van der Waals surface area contributed by atoms with Gasteiger partial charge in [0.05, 0.1) is 11.0 Å². The summed E-state index contributed by atoms with van der Waals surface area (Å²) in [7, 11) is -3.57. The third kappa shape index (κ3) is 3.60. The molecule has 5 nitrogen and oxygen atoms in total. The van der Waals surface area contributed by atoms with Gasteiger partial charge < -0.3 is 9.84 Å². The van der Waals surface area contributed by atoms with Crippen molar-refractivity contribution in [2.45, 2.75) is 24.5 Å². The SMILES string of the molecule is CC(O)c1ncc(S(C)(=O)=O)cc1OC(F)F. The highest BCUT2D eigenvalue weighted by atomic mass is 32.2. The number of nitrogens with zero attached hydrogens (tertiary/aromatic N) is 1. The number of aliphatic hydroxyl groups is 1. The first-order valence-electron chi connectivity index (χ1n) is 4.54. The van der Waals surface area contributed by atoms with Crippen LogP contribution in [0.4, 0.5) is 8.78 Å². The van der Waals surface area contributed by atoms with Crippen molar-refractivity contribution in [3.63, 3.8) is 0 Å². The summed E-state index contributed by atoms with van der Waals surface area (Å²) in [5, 5.41) is 9.27. The Labute approximate surface area is 97.0 Å². The standard InChI is InChI=1S/C9H11F2NO4S/c1-5(13)8-7(16-9(10)11)3-6(4-12-8)17(2,14)15/h3-5,9,13H,1-2H3. The van der Waals surface area contributed by atoms with E-state index in [1.807, 2.05) is 0 Å². The molecule has 1 unspecified atom stereocenters. The topological polar surface area (TPSA) is 76.5 Å². The number of halogens is 2. The molecule has 1 N–H and O–H groups in total. The van der Waals surface area contributed by atoms with Crippen LogP contribution >= 0.6 is 0 Å². The Kier molecular flexibility index (Phi) is 3.99. The maximum Gasteiger partial charge on any atom is 0.387 e. The summed E-state index contributed by atoms with van der Waals surface area (Å²) in [4.78, 5) is 3.36. The Balaban J connectivity index is 3.29. The van der Waals surface area contributed by atoms with E-state index in [0.29, 0.717) is 0 Å².